The number of carbonyl (C=O) groups is 1. The normalized spacial score (nSPS) is 12.1. The third-order valence-corrected chi connectivity index (χ3v) is 5.58. The Morgan fingerprint density at radius 3 is 3.00 bits per heavy atom. The number of anilines is 1. The Kier molecular flexibility index (Phi) is 5.53. The summed E-state index contributed by atoms with van der Waals surface area (Å²) >= 11 is 1.62. The Balaban J connectivity index is 1.49. The SMILES string of the molecule is C[C@H](NC(=O)CCNc1c(-c2cccc(F)c2)nc2cnccn12)c1cccs1. The van der Waals surface area contributed by atoms with Gasteiger partial charge < -0.3 is 10.6 Å². The number of thiophene rings is 1. The molecule has 4 aromatic rings. The van der Waals surface area contributed by atoms with Gasteiger partial charge in [-0.25, -0.2) is 9.37 Å². The molecule has 2 N–H and O–H groups in total. The number of nitrogens with one attached hydrogen (secondary N) is 2. The van der Waals surface area contributed by atoms with Crippen LogP contribution in [0.5, 0.6) is 0 Å². The highest BCUT2D eigenvalue weighted by atomic mass is 32.1. The lowest BCUT2D eigenvalue weighted by Gasteiger charge is -2.13. The zero-order chi connectivity index (χ0) is 20.2. The summed E-state index contributed by atoms with van der Waals surface area (Å²) in [6.45, 7) is 2.39. The smallest absolute Gasteiger partial charge is 0.222 e. The highest BCUT2D eigenvalue weighted by molar-refractivity contribution is 7.10. The summed E-state index contributed by atoms with van der Waals surface area (Å²) in [7, 11) is 0. The number of benzene rings is 1. The average molecular weight is 409 g/mol. The molecular weight excluding hydrogens is 389 g/mol. The number of aromatic nitrogens is 3. The van der Waals surface area contributed by atoms with Gasteiger partial charge in [0.1, 0.15) is 17.3 Å². The van der Waals surface area contributed by atoms with E-state index in [9.17, 15) is 9.18 Å². The minimum Gasteiger partial charge on any atom is -0.369 e. The Hall–Kier alpha value is -3.26. The van der Waals surface area contributed by atoms with E-state index in [-0.39, 0.29) is 17.8 Å². The van der Waals surface area contributed by atoms with Gasteiger partial charge in [0.25, 0.3) is 0 Å². The highest BCUT2D eigenvalue weighted by Crippen LogP contribution is 2.29. The number of imidazole rings is 1. The summed E-state index contributed by atoms with van der Waals surface area (Å²) in [5.74, 6) is 0.332. The van der Waals surface area contributed by atoms with Crippen molar-refractivity contribution < 1.29 is 9.18 Å². The first-order chi connectivity index (χ1) is 14.1. The number of carbonyl (C=O) groups excluding carboxylic acids is 1. The van der Waals surface area contributed by atoms with E-state index in [1.165, 1.54) is 12.1 Å². The molecule has 1 aromatic carbocycles. The van der Waals surface area contributed by atoms with E-state index in [4.69, 9.17) is 0 Å². The van der Waals surface area contributed by atoms with Gasteiger partial charge in [-0.1, -0.05) is 18.2 Å². The van der Waals surface area contributed by atoms with E-state index in [1.54, 1.807) is 42.1 Å². The predicted molar refractivity (Wildman–Crippen MR) is 112 cm³/mol. The summed E-state index contributed by atoms with van der Waals surface area (Å²) in [5, 5.41) is 8.28. The largest absolute Gasteiger partial charge is 0.369 e. The van der Waals surface area contributed by atoms with Crippen LogP contribution < -0.4 is 10.6 Å². The number of amides is 1. The molecule has 3 aromatic heterocycles. The first-order valence-corrected chi connectivity index (χ1v) is 10.1. The van der Waals surface area contributed by atoms with Gasteiger partial charge >= 0.3 is 0 Å². The lowest BCUT2D eigenvalue weighted by Crippen LogP contribution is -2.27. The fourth-order valence-electron chi connectivity index (χ4n) is 3.13. The summed E-state index contributed by atoms with van der Waals surface area (Å²) in [5.41, 5.74) is 1.92. The molecule has 1 atom stereocenters. The fraction of sp³-hybridized carbons (Fsp3) is 0.190. The number of halogens is 1. The lowest BCUT2D eigenvalue weighted by molar-refractivity contribution is -0.121. The van der Waals surface area contributed by atoms with Gasteiger partial charge in [0, 0.05) is 35.8 Å². The van der Waals surface area contributed by atoms with Crippen LogP contribution in [-0.2, 0) is 4.79 Å². The van der Waals surface area contributed by atoms with Gasteiger partial charge in [0.15, 0.2) is 5.65 Å². The molecular formula is C21H20FN5OS. The number of hydrogen-bond donors (Lipinski definition) is 2. The van der Waals surface area contributed by atoms with Gasteiger partial charge in [0.05, 0.1) is 12.2 Å². The van der Waals surface area contributed by atoms with Gasteiger partial charge in [0.2, 0.25) is 5.91 Å². The molecule has 0 saturated carbocycles. The quantitative estimate of drug-likeness (QED) is 0.478. The molecule has 0 unspecified atom stereocenters. The molecule has 4 rings (SSSR count). The number of fused-ring (bicyclic) bond motifs is 1. The van der Waals surface area contributed by atoms with Crippen molar-refractivity contribution in [2.75, 3.05) is 11.9 Å². The molecule has 0 bridgehead atoms. The van der Waals surface area contributed by atoms with Crippen LogP contribution in [0.1, 0.15) is 24.3 Å². The molecule has 0 saturated heterocycles. The molecule has 0 aliphatic rings. The number of nitrogens with zero attached hydrogens (tertiary/aromatic N) is 3. The second-order valence-electron chi connectivity index (χ2n) is 6.61. The average Bonchev–Trinajstić information content (AvgIpc) is 3.36. The molecule has 3 heterocycles. The first-order valence-electron chi connectivity index (χ1n) is 9.26. The van der Waals surface area contributed by atoms with Gasteiger partial charge in [-0.3, -0.25) is 14.2 Å². The van der Waals surface area contributed by atoms with E-state index in [2.05, 4.69) is 20.6 Å². The van der Waals surface area contributed by atoms with Crippen LogP contribution in [0, 0.1) is 5.82 Å². The fourth-order valence-corrected chi connectivity index (χ4v) is 3.86. The van der Waals surface area contributed by atoms with E-state index in [0.29, 0.717) is 35.7 Å². The standard InChI is InChI=1S/C21H20FN5OS/c1-14(17-6-3-11-29-17)25-19(28)7-8-24-21-20(15-4-2-5-16(22)12-15)26-18-13-23-9-10-27(18)21/h2-6,9-14,24H,7-8H2,1H3,(H,25,28)/t14-/m0/s1. The van der Waals surface area contributed by atoms with Gasteiger partial charge in [-0.15, -0.1) is 11.3 Å². The van der Waals surface area contributed by atoms with Crippen molar-refractivity contribution in [3.8, 4) is 11.3 Å². The maximum atomic E-state index is 13.7. The molecule has 0 spiro atoms. The third kappa shape index (κ3) is 4.27. The van der Waals surface area contributed by atoms with Crippen LogP contribution in [0.25, 0.3) is 16.9 Å². The van der Waals surface area contributed by atoms with E-state index in [0.717, 1.165) is 4.88 Å². The van der Waals surface area contributed by atoms with E-state index >= 15 is 0 Å². The zero-order valence-corrected chi connectivity index (χ0v) is 16.6. The molecule has 8 heteroatoms. The highest BCUT2D eigenvalue weighted by Gasteiger charge is 2.15. The molecule has 6 nitrogen and oxygen atoms in total. The van der Waals surface area contributed by atoms with Crippen molar-refractivity contribution >= 4 is 28.7 Å². The maximum absolute atomic E-state index is 13.7. The van der Waals surface area contributed by atoms with Crippen molar-refractivity contribution in [3.63, 3.8) is 0 Å². The topological polar surface area (TPSA) is 71.3 Å². The minimum absolute atomic E-state index is 0.0211. The van der Waals surface area contributed by atoms with Crippen LogP contribution in [0.2, 0.25) is 0 Å². The van der Waals surface area contributed by atoms with Crippen molar-refractivity contribution in [1.29, 1.82) is 0 Å². The third-order valence-electron chi connectivity index (χ3n) is 4.52. The minimum atomic E-state index is -0.328. The predicted octanol–water partition coefficient (Wildman–Crippen LogP) is 4.28. The second-order valence-corrected chi connectivity index (χ2v) is 7.58. The van der Waals surface area contributed by atoms with Crippen LogP contribution >= 0.6 is 11.3 Å². The van der Waals surface area contributed by atoms with Crippen LogP contribution in [0.15, 0.2) is 60.4 Å². The van der Waals surface area contributed by atoms with Gasteiger partial charge in [-0.05, 0) is 30.5 Å². The monoisotopic (exact) mass is 409 g/mol. The van der Waals surface area contributed by atoms with Crippen molar-refractivity contribution in [3.05, 3.63) is 71.1 Å². The van der Waals surface area contributed by atoms with Crippen LogP contribution in [0.3, 0.4) is 0 Å². The molecule has 0 fully saturated rings. The van der Waals surface area contributed by atoms with Crippen LogP contribution in [-0.4, -0.2) is 26.8 Å². The lowest BCUT2D eigenvalue weighted by atomic mass is 10.1. The first kappa shape index (κ1) is 19.1. The van der Waals surface area contributed by atoms with Crippen molar-refractivity contribution in [2.45, 2.75) is 19.4 Å². The zero-order valence-electron chi connectivity index (χ0n) is 15.8. The molecule has 148 valence electrons. The molecule has 0 aliphatic carbocycles. The number of hydrogen-bond acceptors (Lipinski definition) is 5. The Bertz CT molecular complexity index is 1130. The molecule has 1 amide bonds. The molecule has 29 heavy (non-hydrogen) atoms. The molecule has 0 aliphatic heterocycles. The maximum Gasteiger partial charge on any atom is 0.222 e. The second kappa shape index (κ2) is 8.40. The summed E-state index contributed by atoms with van der Waals surface area (Å²) in [4.78, 5) is 22.1. The number of rotatable bonds is 7. The molecule has 0 radical (unpaired) electrons. The summed E-state index contributed by atoms with van der Waals surface area (Å²) < 4.78 is 15.6. The Morgan fingerprint density at radius 2 is 2.21 bits per heavy atom. The van der Waals surface area contributed by atoms with E-state index in [1.807, 2.05) is 28.8 Å². The Labute approximate surface area is 171 Å². The van der Waals surface area contributed by atoms with Crippen molar-refractivity contribution in [1.82, 2.24) is 19.7 Å². The van der Waals surface area contributed by atoms with Gasteiger partial charge in [-0.2, -0.15) is 0 Å². The van der Waals surface area contributed by atoms with Crippen molar-refractivity contribution in [2.24, 2.45) is 0 Å². The van der Waals surface area contributed by atoms with E-state index < -0.39 is 0 Å². The van der Waals surface area contributed by atoms with Crippen LogP contribution in [0.4, 0.5) is 10.2 Å². The Morgan fingerprint density at radius 1 is 1.31 bits per heavy atom. The summed E-state index contributed by atoms with van der Waals surface area (Å²) in [6.07, 6.45) is 5.39. The summed E-state index contributed by atoms with van der Waals surface area (Å²) in [6, 6.07) is 10.2.